The van der Waals surface area contributed by atoms with Gasteiger partial charge in [0, 0.05) is 19.0 Å². The summed E-state index contributed by atoms with van der Waals surface area (Å²) in [7, 11) is 0. The number of rotatable bonds is 10. The Morgan fingerprint density at radius 3 is 1.79 bits per heavy atom. The summed E-state index contributed by atoms with van der Waals surface area (Å²) in [4.78, 5) is 32.1. The van der Waals surface area contributed by atoms with Gasteiger partial charge in [0.1, 0.15) is 5.72 Å². The molecule has 19 heavy (non-hydrogen) atoms. The van der Waals surface area contributed by atoms with Gasteiger partial charge in [0.25, 0.3) is 0 Å². The van der Waals surface area contributed by atoms with Gasteiger partial charge in [-0.25, -0.2) is 0 Å². The summed E-state index contributed by atoms with van der Waals surface area (Å²) in [5.41, 5.74) is 2.99. The number of carboxylic acids is 3. The number of hydrogen-bond donors (Lipinski definition) is 6. The number of carbonyl (C=O) groups is 3. The van der Waals surface area contributed by atoms with Crippen LogP contribution in [0.3, 0.4) is 0 Å². The van der Waals surface area contributed by atoms with Crippen LogP contribution in [0, 0.1) is 5.92 Å². The Balaban J connectivity index is 5.12. The Labute approximate surface area is 109 Å². The molecule has 0 aliphatic carbocycles. The summed E-state index contributed by atoms with van der Waals surface area (Å²) in [6.07, 6.45) is -2.37. The molecule has 0 aromatic rings. The highest BCUT2D eigenvalue weighted by molar-refractivity contribution is 5.76. The van der Waals surface area contributed by atoms with Crippen molar-refractivity contribution in [3.8, 4) is 0 Å². The Morgan fingerprint density at radius 2 is 1.47 bits per heavy atom. The molecule has 0 aliphatic rings. The first-order chi connectivity index (χ1) is 8.71. The first-order valence-corrected chi connectivity index (χ1v) is 5.39. The lowest BCUT2D eigenvalue weighted by molar-refractivity contribution is -0.148. The van der Waals surface area contributed by atoms with E-state index in [0.717, 1.165) is 0 Å². The van der Waals surface area contributed by atoms with Crippen molar-refractivity contribution in [3.63, 3.8) is 0 Å². The molecule has 9 heteroatoms. The fourth-order valence-electron chi connectivity index (χ4n) is 1.53. The molecule has 1 atom stereocenters. The van der Waals surface area contributed by atoms with E-state index in [4.69, 9.17) is 21.1 Å². The third kappa shape index (κ3) is 6.70. The molecule has 7 N–H and O–H groups in total. The highest BCUT2D eigenvalue weighted by Crippen LogP contribution is 2.28. The first-order valence-electron chi connectivity index (χ1n) is 5.39. The minimum atomic E-state index is -2.22. The van der Waals surface area contributed by atoms with Gasteiger partial charge in [0.15, 0.2) is 0 Å². The molecule has 0 bridgehead atoms. The maximum atomic E-state index is 10.7. The molecule has 9 nitrogen and oxygen atoms in total. The number of aliphatic hydroxyl groups is 1. The third-order valence-corrected chi connectivity index (χ3v) is 2.28. The molecule has 0 rings (SSSR count). The van der Waals surface area contributed by atoms with Gasteiger partial charge in [-0.2, -0.15) is 0 Å². The van der Waals surface area contributed by atoms with Crippen molar-refractivity contribution in [1.29, 1.82) is 0 Å². The van der Waals surface area contributed by atoms with Gasteiger partial charge in [0.2, 0.25) is 0 Å². The number of nitrogens with one attached hydrogen (secondary N) is 1. The second-order valence-electron chi connectivity index (χ2n) is 3.89. The van der Waals surface area contributed by atoms with Crippen molar-refractivity contribution in [3.05, 3.63) is 5.92 Å². The van der Waals surface area contributed by atoms with Crippen LogP contribution in [-0.2, 0) is 14.4 Å². The topological polar surface area (TPSA) is 170 Å². The average molecular weight is 277 g/mol. The minimum Gasteiger partial charge on any atom is -0.481 e. The SMILES string of the molecule is NCCNC(O)(CC(=O)O)[C](CC(=O)O)CC(=O)O. The van der Waals surface area contributed by atoms with Crippen LogP contribution in [0.5, 0.6) is 0 Å². The summed E-state index contributed by atoms with van der Waals surface area (Å²) >= 11 is 0. The predicted octanol–water partition coefficient (Wildman–Crippen LogP) is -1.78. The Hall–Kier alpha value is -1.71. The van der Waals surface area contributed by atoms with E-state index in [2.05, 4.69) is 5.32 Å². The van der Waals surface area contributed by atoms with Crippen LogP contribution in [0.15, 0.2) is 0 Å². The molecule has 0 saturated carbocycles. The second kappa shape index (κ2) is 7.67. The van der Waals surface area contributed by atoms with E-state index >= 15 is 0 Å². The van der Waals surface area contributed by atoms with E-state index in [1.54, 1.807) is 0 Å². The Kier molecular flexibility index (Phi) is 6.98. The maximum absolute atomic E-state index is 10.7. The van der Waals surface area contributed by atoms with E-state index < -0.39 is 42.9 Å². The Bertz CT molecular complexity index is 331. The average Bonchev–Trinajstić information content (AvgIpc) is 2.23. The maximum Gasteiger partial charge on any atom is 0.307 e. The number of aliphatic carboxylic acids is 3. The van der Waals surface area contributed by atoms with Gasteiger partial charge >= 0.3 is 17.9 Å². The van der Waals surface area contributed by atoms with Gasteiger partial charge in [-0.3, -0.25) is 19.7 Å². The highest BCUT2D eigenvalue weighted by atomic mass is 16.4. The number of hydrogen-bond acceptors (Lipinski definition) is 6. The van der Waals surface area contributed by atoms with Crippen LogP contribution in [-0.4, -0.2) is 57.1 Å². The standard InChI is InChI=1S/C10H17N2O7/c11-1-2-12-10(19,5-9(17)18)6(3-7(13)14)4-8(15)16/h12,19H,1-5,11H2,(H,13,14)(H,15,16)(H,17,18). The molecule has 1 unspecified atom stereocenters. The number of nitrogens with two attached hydrogens (primary N) is 1. The summed E-state index contributed by atoms with van der Waals surface area (Å²) in [6.45, 7) is 0.0713. The monoisotopic (exact) mass is 277 g/mol. The largest absolute Gasteiger partial charge is 0.481 e. The zero-order valence-electron chi connectivity index (χ0n) is 10.1. The van der Waals surface area contributed by atoms with Gasteiger partial charge in [-0.05, 0) is 0 Å². The zero-order chi connectivity index (χ0) is 15.1. The molecule has 0 saturated heterocycles. The summed E-state index contributed by atoms with van der Waals surface area (Å²) < 4.78 is 0. The van der Waals surface area contributed by atoms with Crippen molar-refractivity contribution in [1.82, 2.24) is 5.32 Å². The fraction of sp³-hybridized carbons (Fsp3) is 0.600. The lowest BCUT2D eigenvalue weighted by Crippen LogP contribution is -2.54. The summed E-state index contributed by atoms with van der Waals surface area (Å²) in [5, 5.41) is 38.6. The smallest absolute Gasteiger partial charge is 0.307 e. The summed E-state index contributed by atoms with van der Waals surface area (Å²) in [6, 6.07) is 0. The van der Waals surface area contributed by atoms with Crippen LogP contribution in [0.4, 0.5) is 0 Å². The van der Waals surface area contributed by atoms with Crippen LogP contribution in [0.1, 0.15) is 19.3 Å². The molecule has 109 valence electrons. The van der Waals surface area contributed by atoms with Crippen molar-refractivity contribution >= 4 is 17.9 Å². The molecular formula is C10H17N2O7. The lowest BCUT2D eigenvalue weighted by atomic mass is 9.86. The van der Waals surface area contributed by atoms with Crippen LogP contribution in [0.2, 0.25) is 0 Å². The van der Waals surface area contributed by atoms with Crippen molar-refractivity contribution < 1.29 is 34.8 Å². The first kappa shape index (κ1) is 17.3. The highest BCUT2D eigenvalue weighted by Gasteiger charge is 2.41. The van der Waals surface area contributed by atoms with Gasteiger partial charge < -0.3 is 26.2 Å². The molecule has 1 radical (unpaired) electrons. The predicted molar refractivity (Wildman–Crippen MR) is 62.0 cm³/mol. The van der Waals surface area contributed by atoms with Gasteiger partial charge in [-0.1, -0.05) is 0 Å². The quantitative estimate of drug-likeness (QED) is 0.252. The fourth-order valence-corrected chi connectivity index (χ4v) is 1.53. The molecule has 0 heterocycles. The summed E-state index contributed by atoms with van der Waals surface area (Å²) in [5.74, 6) is -4.48. The molecule has 0 spiro atoms. The van der Waals surface area contributed by atoms with E-state index in [9.17, 15) is 19.5 Å². The normalized spacial score (nSPS) is 14.1. The zero-order valence-corrected chi connectivity index (χ0v) is 10.1. The molecule has 0 aromatic heterocycles. The minimum absolute atomic E-state index is 0.00647. The van der Waals surface area contributed by atoms with E-state index in [1.165, 1.54) is 0 Å². The van der Waals surface area contributed by atoms with E-state index in [0.29, 0.717) is 0 Å². The van der Waals surface area contributed by atoms with Crippen LogP contribution < -0.4 is 11.1 Å². The van der Waals surface area contributed by atoms with Crippen molar-refractivity contribution in [2.75, 3.05) is 13.1 Å². The molecule has 0 aromatic carbocycles. The van der Waals surface area contributed by atoms with Gasteiger partial charge in [-0.15, -0.1) is 0 Å². The van der Waals surface area contributed by atoms with E-state index in [-0.39, 0.29) is 19.0 Å². The lowest BCUT2D eigenvalue weighted by Gasteiger charge is -2.34. The molecule has 0 fully saturated rings. The van der Waals surface area contributed by atoms with E-state index in [1.807, 2.05) is 0 Å². The Morgan fingerprint density at radius 1 is 1.00 bits per heavy atom. The molecular weight excluding hydrogens is 260 g/mol. The van der Waals surface area contributed by atoms with Gasteiger partial charge in [0.05, 0.1) is 19.3 Å². The second-order valence-corrected chi connectivity index (χ2v) is 3.89. The van der Waals surface area contributed by atoms with Crippen molar-refractivity contribution in [2.45, 2.75) is 25.0 Å². The van der Waals surface area contributed by atoms with Crippen molar-refractivity contribution in [2.24, 2.45) is 5.73 Å². The van der Waals surface area contributed by atoms with Crippen LogP contribution >= 0.6 is 0 Å². The third-order valence-electron chi connectivity index (χ3n) is 2.28. The molecule has 0 aliphatic heterocycles. The van der Waals surface area contributed by atoms with Crippen LogP contribution in [0.25, 0.3) is 0 Å². The molecule has 0 amide bonds. The number of carboxylic acid groups (broad SMARTS) is 3.